The highest BCUT2D eigenvalue weighted by Gasteiger charge is 2.15. The smallest absolute Gasteiger partial charge is 0.185 e. The van der Waals surface area contributed by atoms with Crippen molar-refractivity contribution in [3.05, 3.63) is 54.0 Å². The predicted molar refractivity (Wildman–Crippen MR) is 97.6 cm³/mol. The summed E-state index contributed by atoms with van der Waals surface area (Å²) in [6.45, 7) is 5.37. The Morgan fingerprint density at radius 3 is 2.80 bits per heavy atom. The van der Waals surface area contributed by atoms with Gasteiger partial charge >= 0.3 is 0 Å². The topological polar surface area (TPSA) is 49.6 Å². The Bertz CT molecular complexity index is 895. The van der Waals surface area contributed by atoms with E-state index in [4.69, 9.17) is 4.42 Å². The summed E-state index contributed by atoms with van der Waals surface area (Å²) >= 11 is 0. The molecule has 1 fully saturated rings. The number of hydrogen-bond acceptors (Lipinski definition) is 5. The highest BCUT2D eigenvalue weighted by atomic mass is 16.3. The second kappa shape index (κ2) is 6.78. The average Bonchev–Trinajstić information content (AvgIpc) is 3.07. The van der Waals surface area contributed by atoms with Crippen molar-refractivity contribution in [1.29, 1.82) is 0 Å². The molecule has 0 spiro atoms. The van der Waals surface area contributed by atoms with Crippen molar-refractivity contribution in [2.24, 2.45) is 0 Å². The second-order valence-corrected chi connectivity index (χ2v) is 6.65. The molecule has 1 aromatic carbocycles. The largest absolute Gasteiger partial charge is 0.453 e. The lowest BCUT2D eigenvalue weighted by Crippen LogP contribution is -2.43. The lowest BCUT2D eigenvalue weighted by molar-refractivity contribution is 0.110. The molecule has 0 aliphatic carbocycles. The maximum Gasteiger partial charge on any atom is 0.185 e. The van der Waals surface area contributed by atoms with E-state index in [9.17, 15) is 4.79 Å². The molecular formula is C20H21N3O2. The summed E-state index contributed by atoms with van der Waals surface area (Å²) in [5.41, 5.74) is 3.98. The van der Waals surface area contributed by atoms with Gasteiger partial charge in [0.25, 0.3) is 0 Å². The molecule has 3 aromatic rings. The molecule has 5 nitrogen and oxygen atoms in total. The highest BCUT2D eigenvalue weighted by molar-refractivity contribution is 5.94. The second-order valence-electron chi connectivity index (χ2n) is 6.65. The van der Waals surface area contributed by atoms with E-state index >= 15 is 0 Å². The zero-order valence-electron chi connectivity index (χ0n) is 14.3. The van der Waals surface area contributed by atoms with Crippen molar-refractivity contribution < 1.29 is 9.21 Å². The molecule has 2 aromatic heterocycles. The zero-order chi connectivity index (χ0) is 17.2. The third kappa shape index (κ3) is 3.34. The SMILES string of the molecule is CN1CCN(Cc2cccc(-c3cncc4cc(C=O)oc34)c2)CC1. The quantitative estimate of drug-likeness (QED) is 0.686. The number of rotatable bonds is 4. The van der Waals surface area contributed by atoms with Gasteiger partial charge in [-0.15, -0.1) is 0 Å². The molecule has 1 saturated heterocycles. The summed E-state index contributed by atoms with van der Waals surface area (Å²) in [7, 11) is 2.17. The third-order valence-electron chi connectivity index (χ3n) is 4.80. The van der Waals surface area contributed by atoms with Crippen LogP contribution in [0.1, 0.15) is 16.1 Å². The van der Waals surface area contributed by atoms with Crippen LogP contribution in [0, 0.1) is 0 Å². The predicted octanol–water partition coefficient (Wildman–Crippen LogP) is 3.05. The van der Waals surface area contributed by atoms with E-state index in [1.54, 1.807) is 18.5 Å². The number of aromatic nitrogens is 1. The van der Waals surface area contributed by atoms with Crippen LogP contribution in [0.4, 0.5) is 0 Å². The number of benzene rings is 1. The van der Waals surface area contributed by atoms with E-state index in [2.05, 4.69) is 46.1 Å². The van der Waals surface area contributed by atoms with E-state index in [-0.39, 0.29) is 0 Å². The fourth-order valence-electron chi connectivity index (χ4n) is 3.35. The number of likely N-dealkylation sites (N-methyl/N-ethyl adjacent to an activating group) is 1. The first-order valence-electron chi connectivity index (χ1n) is 8.56. The first kappa shape index (κ1) is 16.0. The molecule has 3 heterocycles. The van der Waals surface area contributed by atoms with Gasteiger partial charge in [-0.1, -0.05) is 18.2 Å². The van der Waals surface area contributed by atoms with Crippen LogP contribution in [0.15, 0.2) is 47.1 Å². The number of fused-ring (bicyclic) bond motifs is 1. The molecular weight excluding hydrogens is 314 g/mol. The molecule has 5 heteroatoms. The van der Waals surface area contributed by atoms with Gasteiger partial charge in [0, 0.05) is 56.1 Å². The number of nitrogens with zero attached hydrogens (tertiary/aromatic N) is 3. The van der Waals surface area contributed by atoms with Crippen molar-refractivity contribution in [2.45, 2.75) is 6.54 Å². The lowest BCUT2D eigenvalue weighted by atomic mass is 10.0. The van der Waals surface area contributed by atoms with Crippen LogP contribution in [-0.2, 0) is 6.54 Å². The van der Waals surface area contributed by atoms with Crippen LogP contribution in [0.25, 0.3) is 22.1 Å². The van der Waals surface area contributed by atoms with Gasteiger partial charge in [0.15, 0.2) is 12.0 Å². The van der Waals surface area contributed by atoms with E-state index in [0.29, 0.717) is 11.3 Å². The van der Waals surface area contributed by atoms with Gasteiger partial charge < -0.3 is 9.32 Å². The van der Waals surface area contributed by atoms with E-state index < -0.39 is 0 Å². The Hall–Kier alpha value is -2.50. The van der Waals surface area contributed by atoms with Gasteiger partial charge in [-0.3, -0.25) is 14.7 Å². The Labute approximate surface area is 146 Å². The molecule has 1 aliphatic heterocycles. The number of furan rings is 1. The van der Waals surface area contributed by atoms with Crippen LogP contribution in [-0.4, -0.2) is 54.3 Å². The fourth-order valence-corrected chi connectivity index (χ4v) is 3.35. The van der Waals surface area contributed by atoms with E-state index in [1.807, 2.05) is 0 Å². The lowest BCUT2D eigenvalue weighted by Gasteiger charge is -2.32. The summed E-state index contributed by atoms with van der Waals surface area (Å²) < 4.78 is 5.68. The number of pyridine rings is 1. The normalized spacial score (nSPS) is 16.4. The fraction of sp³-hybridized carbons (Fsp3) is 0.300. The molecule has 0 radical (unpaired) electrons. The zero-order valence-corrected chi connectivity index (χ0v) is 14.3. The molecule has 0 bridgehead atoms. The van der Waals surface area contributed by atoms with Gasteiger partial charge in [-0.05, 0) is 30.3 Å². The Kier molecular flexibility index (Phi) is 4.34. The van der Waals surface area contributed by atoms with Crippen molar-refractivity contribution in [1.82, 2.24) is 14.8 Å². The van der Waals surface area contributed by atoms with Gasteiger partial charge in [0.1, 0.15) is 5.58 Å². The molecule has 25 heavy (non-hydrogen) atoms. The first-order chi connectivity index (χ1) is 12.2. The van der Waals surface area contributed by atoms with Crippen molar-refractivity contribution in [2.75, 3.05) is 33.2 Å². The average molecular weight is 335 g/mol. The summed E-state index contributed by atoms with van der Waals surface area (Å²) in [6, 6.07) is 10.2. The minimum atomic E-state index is 0.331. The van der Waals surface area contributed by atoms with Crippen LogP contribution < -0.4 is 0 Å². The monoisotopic (exact) mass is 335 g/mol. The maximum absolute atomic E-state index is 11.0. The van der Waals surface area contributed by atoms with E-state index in [1.165, 1.54) is 5.56 Å². The molecule has 0 saturated carbocycles. The maximum atomic E-state index is 11.0. The molecule has 0 atom stereocenters. The Balaban J connectivity index is 1.63. The van der Waals surface area contributed by atoms with Gasteiger partial charge in [0.2, 0.25) is 0 Å². The number of piperazine rings is 1. The van der Waals surface area contributed by atoms with Crippen LogP contribution in [0.3, 0.4) is 0 Å². The van der Waals surface area contributed by atoms with Crippen molar-refractivity contribution in [3.63, 3.8) is 0 Å². The van der Waals surface area contributed by atoms with E-state index in [0.717, 1.165) is 55.5 Å². The Morgan fingerprint density at radius 2 is 2.00 bits per heavy atom. The highest BCUT2D eigenvalue weighted by Crippen LogP contribution is 2.30. The third-order valence-corrected chi connectivity index (χ3v) is 4.80. The number of aldehydes is 1. The number of carbonyl (C=O) groups is 1. The number of hydrogen-bond donors (Lipinski definition) is 0. The molecule has 1 aliphatic rings. The minimum absolute atomic E-state index is 0.331. The van der Waals surface area contributed by atoms with Crippen molar-refractivity contribution in [3.8, 4) is 11.1 Å². The van der Waals surface area contributed by atoms with Gasteiger partial charge in [-0.2, -0.15) is 0 Å². The number of carbonyl (C=O) groups excluding carboxylic acids is 1. The standard InChI is InChI=1S/C20H21N3O2/c1-22-5-7-23(8-6-22)13-15-3-2-4-16(9-15)19-12-21-11-17-10-18(14-24)25-20(17)19/h2-4,9-12,14H,5-8,13H2,1H3. The summed E-state index contributed by atoms with van der Waals surface area (Å²) in [5.74, 6) is 0.331. The Morgan fingerprint density at radius 1 is 1.16 bits per heavy atom. The summed E-state index contributed by atoms with van der Waals surface area (Å²) in [4.78, 5) is 20.1. The van der Waals surface area contributed by atoms with Crippen LogP contribution >= 0.6 is 0 Å². The molecule has 128 valence electrons. The summed E-state index contributed by atoms with van der Waals surface area (Å²) in [5, 5.41) is 0.851. The minimum Gasteiger partial charge on any atom is -0.453 e. The van der Waals surface area contributed by atoms with Gasteiger partial charge in [-0.25, -0.2) is 0 Å². The summed E-state index contributed by atoms with van der Waals surface area (Å²) in [6.07, 6.45) is 4.26. The molecule has 4 rings (SSSR count). The molecule has 0 unspecified atom stereocenters. The molecule has 0 N–H and O–H groups in total. The van der Waals surface area contributed by atoms with Gasteiger partial charge in [0.05, 0.1) is 0 Å². The first-order valence-corrected chi connectivity index (χ1v) is 8.56. The van der Waals surface area contributed by atoms with Crippen molar-refractivity contribution >= 4 is 17.3 Å². The van der Waals surface area contributed by atoms with Crippen LogP contribution in [0.5, 0.6) is 0 Å². The van der Waals surface area contributed by atoms with Crippen LogP contribution in [0.2, 0.25) is 0 Å². The molecule has 0 amide bonds.